The predicted molar refractivity (Wildman–Crippen MR) is 59.3 cm³/mol. The summed E-state index contributed by atoms with van der Waals surface area (Å²) in [6, 6.07) is 0. The van der Waals surface area contributed by atoms with Crippen LogP contribution in [-0.2, 0) is 6.18 Å². The summed E-state index contributed by atoms with van der Waals surface area (Å²) in [5.41, 5.74) is -4.27. The average Bonchev–Trinajstić information content (AvgIpc) is 2.39. The minimum absolute atomic E-state index is 0.0421. The van der Waals surface area contributed by atoms with E-state index >= 15 is 0 Å². The molecule has 0 atom stereocenters. The maximum atomic E-state index is 13.6. The number of hydrogen-bond acceptors (Lipinski definition) is 2. The molecule has 10 heteroatoms. The molecular weight excluding hydrogens is 309 g/mol. The summed E-state index contributed by atoms with van der Waals surface area (Å²) in [6.07, 6.45) is -5.01. The highest BCUT2D eigenvalue weighted by Gasteiger charge is 2.43. The number of alkyl halides is 3. The molecule has 0 N–H and O–H groups in total. The van der Waals surface area contributed by atoms with Gasteiger partial charge < -0.3 is 0 Å². The Kier molecular flexibility index (Phi) is 5.13. The molecule has 0 aromatic heterocycles. The monoisotopic (exact) mass is 318 g/mol. The highest BCUT2D eigenvalue weighted by atomic mass is 19.4. The number of anilines is 1. The number of hydrogen-bond donors (Lipinski definition) is 0. The first kappa shape index (κ1) is 17.2. The molecule has 1 rings (SSSR count). The summed E-state index contributed by atoms with van der Waals surface area (Å²) >= 11 is 0. The first-order chi connectivity index (χ1) is 9.66. The number of nitroso groups, excluding NO2 is 1. The molecule has 0 bridgehead atoms. The third-order valence-corrected chi connectivity index (χ3v) is 2.60. The van der Waals surface area contributed by atoms with Crippen molar-refractivity contribution in [3.63, 3.8) is 0 Å². The quantitative estimate of drug-likeness (QED) is 0.345. The lowest BCUT2D eigenvalue weighted by molar-refractivity contribution is -0.143. The fourth-order valence-corrected chi connectivity index (χ4v) is 1.60. The van der Waals surface area contributed by atoms with Crippen molar-refractivity contribution >= 4 is 5.69 Å². The normalized spacial score (nSPS) is 11.6. The second kappa shape index (κ2) is 6.27. The number of nitrogens with zero attached hydrogens (tertiary/aromatic N) is 2. The van der Waals surface area contributed by atoms with Gasteiger partial charge in [-0.05, 0) is 6.42 Å². The molecule has 0 aliphatic rings. The summed E-state index contributed by atoms with van der Waals surface area (Å²) in [6.45, 7) is 1.24. The molecule has 0 saturated heterocycles. The Morgan fingerprint density at radius 2 is 1.48 bits per heavy atom. The average molecular weight is 318 g/mol. The molecule has 1 aromatic carbocycles. The Morgan fingerprint density at radius 1 is 1.00 bits per heavy atom. The van der Waals surface area contributed by atoms with Crippen LogP contribution in [0.25, 0.3) is 0 Å². The number of unbranched alkanes of at least 4 members (excludes halogenated alkanes) is 1. The van der Waals surface area contributed by atoms with Gasteiger partial charge in [0.25, 0.3) is 0 Å². The second-order valence-electron chi connectivity index (χ2n) is 4.04. The number of benzene rings is 1. The Morgan fingerprint density at radius 3 is 1.81 bits per heavy atom. The zero-order valence-electron chi connectivity index (χ0n) is 10.6. The summed E-state index contributed by atoms with van der Waals surface area (Å²) in [4.78, 5) is 10.5. The van der Waals surface area contributed by atoms with Gasteiger partial charge in [-0.1, -0.05) is 13.3 Å². The van der Waals surface area contributed by atoms with E-state index in [9.17, 15) is 35.6 Å². The summed E-state index contributed by atoms with van der Waals surface area (Å²) in [7, 11) is 0. The van der Waals surface area contributed by atoms with Gasteiger partial charge in [0.05, 0.1) is 5.29 Å². The fourth-order valence-electron chi connectivity index (χ4n) is 1.60. The lowest BCUT2D eigenvalue weighted by Crippen LogP contribution is -2.23. The van der Waals surface area contributed by atoms with E-state index in [4.69, 9.17) is 0 Å². The molecule has 21 heavy (non-hydrogen) atoms. The van der Waals surface area contributed by atoms with Crippen LogP contribution in [0.15, 0.2) is 5.29 Å². The standard InChI is InChI=1S/C11H9F7N2O/c1-2-3-4-20(19-21)10-8(14)6(12)5(11(16,17)18)7(13)9(10)15/h2-4H2,1H3. The molecular formula is C11H9F7N2O. The molecule has 0 heterocycles. The van der Waals surface area contributed by atoms with E-state index < -0.39 is 47.2 Å². The number of rotatable bonds is 5. The van der Waals surface area contributed by atoms with Crippen molar-refractivity contribution in [2.24, 2.45) is 5.29 Å². The van der Waals surface area contributed by atoms with Crippen molar-refractivity contribution in [2.75, 3.05) is 11.6 Å². The van der Waals surface area contributed by atoms with Gasteiger partial charge in [0.1, 0.15) is 11.3 Å². The van der Waals surface area contributed by atoms with E-state index in [1.54, 1.807) is 6.92 Å². The fraction of sp³-hybridized carbons (Fsp3) is 0.455. The van der Waals surface area contributed by atoms with Gasteiger partial charge in [-0.3, -0.25) is 0 Å². The Labute approximate surface area is 114 Å². The van der Waals surface area contributed by atoms with Crippen molar-refractivity contribution in [3.8, 4) is 0 Å². The van der Waals surface area contributed by atoms with Crippen LogP contribution >= 0.6 is 0 Å². The molecule has 118 valence electrons. The van der Waals surface area contributed by atoms with Crippen LogP contribution in [0.3, 0.4) is 0 Å². The zero-order chi connectivity index (χ0) is 16.4. The molecule has 0 fully saturated rings. The van der Waals surface area contributed by atoms with E-state index in [1.807, 2.05) is 0 Å². The molecule has 0 unspecified atom stereocenters. The van der Waals surface area contributed by atoms with Gasteiger partial charge in [-0.25, -0.2) is 22.6 Å². The Hall–Kier alpha value is -1.87. The van der Waals surface area contributed by atoms with Crippen molar-refractivity contribution in [1.29, 1.82) is 0 Å². The molecule has 0 aliphatic carbocycles. The van der Waals surface area contributed by atoms with E-state index in [0.717, 1.165) is 0 Å². The molecule has 0 saturated carbocycles. The minimum Gasteiger partial charge on any atom is -0.223 e. The lowest BCUT2D eigenvalue weighted by Gasteiger charge is -2.19. The van der Waals surface area contributed by atoms with Gasteiger partial charge in [-0.15, -0.1) is 4.91 Å². The van der Waals surface area contributed by atoms with Crippen LogP contribution < -0.4 is 5.01 Å². The van der Waals surface area contributed by atoms with Crippen molar-refractivity contribution < 1.29 is 30.7 Å². The van der Waals surface area contributed by atoms with Gasteiger partial charge in [0, 0.05) is 6.54 Å². The predicted octanol–water partition coefficient (Wildman–Crippen LogP) is 4.55. The minimum atomic E-state index is -5.63. The maximum Gasteiger partial charge on any atom is 0.422 e. The molecule has 1 aromatic rings. The smallest absolute Gasteiger partial charge is 0.223 e. The molecule has 0 spiro atoms. The zero-order valence-corrected chi connectivity index (χ0v) is 10.6. The van der Waals surface area contributed by atoms with Gasteiger partial charge in [0.2, 0.25) is 0 Å². The molecule has 0 amide bonds. The highest BCUT2D eigenvalue weighted by Crippen LogP contribution is 2.39. The first-order valence-corrected chi connectivity index (χ1v) is 5.70. The third kappa shape index (κ3) is 3.24. The van der Waals surface area contributed by atoms with Crippen LogP contribution in [0.4, 0.5) is 36.4 Å². The highest BCUT2D eigenvalue weighted by molar-refractivity contribution is 5.51. The third-order valence-electron chi connectivity index (χ3n) is 2.60. The lowest BCUT2D eigenvalue weighted by atomic mass is 10.1. The topological polar surface area (TPSA) is 32.7 Å². The maximum absolute atomic E-state index is 13.6. The molecule has 0 radical (unpaired) electrons. The van der Waals surface area contributed by atoms with Gasteiger partial charge in [0.15, 0.2) is 23.3 Å². The van der Waals surface area contributed by atoms with Crippen LogP contribution in [0.2, 0.25) is 0 Å². The summed E-state index contributed by atoms with van der Waals surface area (Å²) in [5, 5.41) is 2.22. The Bertz CT molecular complexity index is 515. The van der Waals surface area contributed by atoms with Crippen molar-refractivity contribution in [1.82, 2.24) is 0 Å². The van der Waals surface area contributed by atoms with Crippen LogP contribution in [0, 0.1) is 28.2 Å². The van der Waals surface area contributed by atoms with Gasteiger partial charge in [-0.2, -0.15) is 13.2 Å². The van der Waals surface area contributed by atoms with E-state index in [-0.39, 0.29) is 11.4 Å². The van der Waals surface area contributed by atoms with Crippen LogP contribution in [0.5, 0.6) is 0 Å². The van der Waals surface area contributed by atoms with Crippen LogP contribution in [-0.4, -0.2) is 6.54 Å². The largest absolute Gasteiger partial charge is 0.422 e. The van der Waals surface area contributed by atoms with Crippen LogP contribution in [0.1, 0.15) is 25.3 Å². The van der Waals surface area contributed by atoms with E-state index in [1.165, 1.54) is 0 Å². The van der Waals surface area contributed by atoms with E-state index in [2.05, 4.69) is 5.29 Å². The first-order valence-electron chi connectivity index (χ1n) is 5.70. The summed E-state index contributed by atoms with van der Waals surface area (Å²) in [5.74, 6) is -9.89. The second-order valence-corrected chi connectivity index (χ2v) is 4.04. The Balaban J connectivity index is 3.53. The van der Waals surface area contributed by atoms with Crippen molar-refractivity contribution in [3.05, 3.63) is 33.7 Å². The SMILES string of the molecule is CCCCN(N=O)c1c(F)c(F)c(C(F)(F)F)c(F)c1F. The molecule has 0 aliphatic heterocycles. The van der Waals surface area contributed by atoms with Gasteiger partial charge >= 0.3 is 6.18 Å². The van der Waals surface area contributed by atoms with Crippen molar-refractivity contribution in [2.45, 2.75) is 25.9 Å². The molecule has 3 nitrogen and oxygen atoms in total. The number of halogens is 7. The summed E-state index contributed by atoms with van der Waals surface area (Å²) < 4.78 is 91.0. The van der Waals surface area contributed by atoms with E-state index in [0.29, 0.717) is 6.42 Å².